The summed E-state index contributed by atoms with van der Waals surface area (Å²) in [6.07, 6.45) is 0. The first-order chi connectivity index (χ1) is 8.56. The molecule has 0 aliphatic carbocycles. The van der Waals surface area contributed by atoms with Gasteiger partial charge in [-0.1, -0.05) is 41.4 Å². The number of ether oxygens (including phenoxy) is 1. The van der Waals surface area contributed by atoms with E-state index < -0.39 is 0 Å². The summed E-state index contributed by atoms with van der Waals surface area (Å²) in [4.78, 5) is 0. The molecule has 94 valence electrons. The molecule has 2 aromatic carbocycles. The molecular weight excluding hydrogens is 269 g/mol. The summed E-state index contributed by atoms with van der Waals surface area (Å²) in [5.74, 6) is 1.31. The highest BCUT2D eigenvalue weighted by Gasteiger charge is 2.08. The van der Waals surface area contributed by atoms with Crippen LogP contribution in [0.25, 0.3) is 0 Å². The van der Waals surface area contributed by atoms with Gasteiger partial charge in [0.25, 0.3) is 0 Å². The lowest BCUT2D eigenvalue weighted by Gasteiger charge is -2.13. The van der Waals surface area contributed by atoms with E-state index in [1.165, 1.54) is 0 Å². The Morgan fingerprint density at radius 1 is 1.06 bits per heavy atom. The first-order valence-electron chi connectivity index (χ1n) is 5.54. The molecule has 0 heterocycles. The van der Waals surface area contributed by atoms with E-state index in [2.05, 4.69) is 0 Å². The normalized spacial score (nSPS) is 12.2. The number of benzene rings is 2. The lowest BCUT2D eigenvalue weighted by molar-refractivity contribution is 0.472. The van der Waals surface area contributed by atoms with E-state index >= 15 is 0 Å². The molecule has 2 N–H and O–H groups in total. The van der Waals surface area contributed by atoms with Gasteiger partial charge in [-0.3, -0.25) is 0 Å². The quantitative estimate of drug-likeness (QED) is 0.877. The Balaban J connectivity index is 2.34. The molecule has 1 unspecified atom stereocenters. The molecule has 0 spiro atoms. The van der Waals surface area contributed by atoms with Crippen LogP contribution in [0.15, 0.2) is 42.5 Å². The second-order valence-electron chi connectivity index (χ2n) is 4.03. The van der Waals surface area contributed by atoms with E-state index in [1.807, 2.05) is 31.2 Å². The second-order valence-corrected chi connectivity index (χ2v) is 4.91. The van der Waals surface area contributed by atoms with Gasteiger partial charge in [-0.25, -0.2) is 0 Å². The number of rotatable bonds is 3. The fourth-order valence-electron chi connectivity index (χ4n) is 1.66. The number of hydrogen-bond acceptors (Lipinski definition) is 2. The van der Waals surface area contributed by atoms with Crippen molar-refractivity contribution in [3.05, 3.63) is 58.1 Å². The SMILES string of the molecule is CC(N)c1ccccc1Oc1cc(Cl)cc(Cl)c1. The smallest absolute Gasteiger partial charge is 0.132 e. The fourth-order valence-corrected chi connectivity index (χ4v) is 2.17. The topological polar surface area (TPSA) is 35.2 Å². The standard InChI is InChI=1S/C14H13Cl2NO/c1-9(17)13-4-2-3-5-14(13)18-12-7-10(15)6-11(16)8-12/h2-9H,17H2,1H3. The Labute approximate surface area is 116 Å². The molecule has 18 heavy (non-hydrogen) atoms. The summed E-state index contributed by atoms with van der Waals surface area (Å²) >= 11 is 11.9. The van der Waals surface area contributed by atoms with Gasteiger partial charge in [-0.2, -0.15) is 0 Å². The average Bonchev–Trinajstić information content (AvgIpc) is 2.27. The summed E-state index contributed by atoms with van der Waals surface area (Å²) in [7, 11) is 0. The molecule has 0 aromatic heterocycles. The van der Waals surface area contributed by atoms with Crippen molar-refractivity contribution in [1.82, 2.24) is 0 Å². The number of para-hydroxylation sites is 1. The highest BCUT2D eigenvalue weighted by atomic mass is 35.5. The fraction of sp³-hybridized carbons (Fsp3) is 0.143. The molecule has 0 saturated carbocycles. The van der Waals surface area contributed by atoms with Crippen LogP contribution in [-0.2, 0) is 0 Å². The third kappa shape index (κ3) is 3.16. The van der Waals surface area contributed by atoms with Crippen LogP contribution in [0.3, 0.4) is 0 Å². The van der Waals surface area contributed by atoms with Crippen molar-refractivity contribution in [1.29, 1.82) is 0 Å². The van der Waals surface area contributed by atoms with E-state index in [0.717, 1.165) is 5.56 Å². The molecule has 2 nitrogen and oxygen atoms in total. The van der Waals surface area contributed by atoms with Gasteiger partial charge in [0.2, 0.25) is 0 Å². The molecule has 0 saturated heterocycles. The van der Waals surface area contributed by atoms with Crippen LogP contribution in [0, 0.1) is 0 Å². The Kier molecular flexibility index (Phi) is 4.12. The summed E-state index contributed by atoms with van der Waals surface area (Å²) in [6.45, 7) is 1.91. The summed E-state index contributed by atoms with van der Waals surface area (Å²) in [5.41, 5.74) is 6.83. The predicted octanol–water partition coefficient (Wildman–Crippen LogP) is 4.81. The van der Waals surface area contributed by atoms with Crippen molar-refractivity contribution in [2.75, 3.05) is 0 Å². The highest BCUT2D eigenvalue weighted by Crippen LogP contribution is 2.31. The molecule has 0 bridgehead atoms. The van der Waals surface area contributed by atoms with Crippen LogP contribution in [-0.4, -0.2) is 0 Å². The molecule has 4 heteroatoms. The van der Waals surface area contributed by atoms with Crippen LogP contribution in [0.5, 0.6) is 11.5 Å². The maximum atomic E-state index is 5.93. The molecular formula is C14H13Cl2NO. The van der Waals surface area contributed by atoms with Gasteiger partial charge in [0.1, 0.15) is 11.5 Å². The molecule has 0 radical (unpaired) electrons. The summed E-state index contributed by atoms with van der Waals surface area (Å²) in [6, 6.07) is 12.6. The van der Waals surface area contributed by atoms with E-state index in [4.69, 9.17) is 33.7 Å². The Bertz CT molecular complexity index is 535. The minimum absolute atomic E-state index is 0.101. The third-order valence-corrected chi connectivity index (χ3v) is 2.91. The number of halogens is 2. The zero-order valence-electron chi connectivity index (χ0n) is 9.86. The molecule has 2 aromatic rings. The monoisotopic (exact) mass is 281 g/mol. The number of hydrogen-bond donors (Lipinski definition) is 1. The van der Waals surface area contributed by atoms with Gasteiger partial charge >= 0.3 is 0 Å². The van der Waals surface area contributed by atoms with Crippen molar-refractivity contribution in [2.45, 2.75) is 13.0 Å². The van der Waals surface area contributed by atoms with Crippen molar-refractivity contribution < 1.29 is 4.74 Å². The molecule has 0 fully saturated rings. The Morgan fingerprint density at radius 2 is 1.67 bits per heavy atom. The van der Waals surface area contributed by atoms with E-state index in [9.17, 15) is 0 Å². The van der Waals surface area contributed by atoms with Gasteiger partial charge in [0, 0.05) is 21.7 Å². The van der Waals surface area contributed by atoms with Crippen LogP contribution in [0.1, 0.15) is 18.5 Å². The van der Waals surface area contributed by atoms with Crippen molar-refractivity contribution in [3.63, 3.8) is 0 Å². The van der Waals surface area contributed by atoms with Crippen molar-refractivity contribution in [2.24, 2.45) is 5.73 Å². The zero-order valence-corrected chi connectivity index (χ0v) is 11.4. The van der Waals surface area contributed by atoms with E-state index in [0.29, 0.717) is 21.5 Å². The van der Waals surface area contributed by atoms with Gasteiger partial charge in [0.05, 0.1) is 0 Å². The maximum Gasteiger partial charge on any atom is 0.132 e. The largest absolute Gasteiger partial charge is 0.457 e. The molecule has 1 atom stereocenters. The maximum absolute atomic E-state index is 5.93. The summed E-state index contributed by atoms with van der Waals surface area (Å²) < 4.78 is 5.78. The van der Waals surface area contributed by atoms with E-state index in [1.54, 1.807) is 18.2 Å². The first-order valence-corrected chi connectivity index (χ1v) is 6.30. The van der Waals surface area contributed by atoms with Gasteiger partial charge < -0.3 is 10.5 Å². The van der Waals surface area contributed by atoms with Crippen LogP contribution in [0.4, 0.5) is 0 Å². The second kappa shape index (κ2) is 5.61. The Morgan fingerprint density at radius 3 is 2.28 bits per heavy atom. The molecule has 0 aliphatic heterocycles. The third-order valence-electron chi connectivity index (χ3n) is 2.47. The minimum Gasteiger partial charge on any atom is -0.457 e. The average molecular weight is 282 g/mol. The van der Waals surface area contributed by atoms with Crippen LogP contribution in [0.2, 0.25) is 10.0 Å². The van der Waals surface area contributed by atoms with Gasteiger partial charge in [0.15, 0.2) is 0 Å². The lowest BCUT2D eigenvalue weighted by Crippen LogP contribution is -2.06. The highest BCUT2D eigenvalue weighted by molar-refractivity contribution is 6.34. The zero-order chi connectivity index (χ0) is 13.1. The molecule has 2 rings (SSSR count). The minimum atomic E-state index is -0.101. The van der Waals surface area contributed by atoms with Crippen molar-refractivity contribution >= 4 is 23.2 Å². The lowest BCUT2D eigenvalue weighted by atomic mass is 10.1. The molecule has 0 amide bonds. The summed E-state index contributed by atoms with van der Waals surface area (Å²) in [5, 5.41) is 1.08. The van der Waals surface area contributed by atoms with Crippen LogP contribution < -0.4 is 10.5 Å². The predicted molar refractivity (Wildman–Crippen MR) is 75.6 cm³/mol. The number of nitrogens with two attached hydrogens (primary N) is 1. The van der Waals surface area contributed by atoms with E-state index in [-0.39, 0.29) is 6.04 Å². The Hall–Kier alpha value is -1.22. The van der Waals surface area contributed by atoms with Crippen molar-refractivity contribution in [3.8, 4) is 11.5 Å². The first kappa shape index (κ1) is 13.2. The molecule has 0 aliphatic rings. The van der Waals surface area contributed by atoms with Gasteiger partial charge in [-0.05, 0) is 31.2 Å². The van der Waals surface area contributed by atoms with Crippen LogP contribution >= 0.6 is 23.2 Å². The van der Waals surface area contributed by atoms with Gasteiger partial charge in [-0.15, -0.1) is 0 Å².